The molecule has 2 N–H and O–H groups in total. The van der Waals surface area contributed by atoms with Gasteiger partial charge in [0.2, 0.25) is 0 Å². The van der Waals surface area contributed by atoms with Crippen molar-refractivity contribution in [2.75, 3.05) is 26.2 Å². The van der Waals surface area contributed by atoms with Crippen LogP contribution in [0, 0.1) is 11.3 Å². The first-order valence-corrected chi connectivity index (χ1v) is 9.01. The number of nitrogens with zero attached hydrogens (tertiary/aromatic N) is 2. The molecule has 2 aromatic carbocycles. The van der Waals surface area contributed by atoms with Crippen LogP contribution >= 0.6 is 0 Å². The molecule has 0 spiro atoms. The number of carbonyl (C=O) groups excluding carboxylic acids is 1. The Hall–Kier alpha value is -2.88. The van der Waals surface area contributed by atoms with Crippen molar-refractivity contribution >= 4 is 5.91 Å². The Bertz CT molecular complexity index is 814. The number of rotatable bonds is 7. The second kappa shape index (κ2) is 9.17. The summed E-state index contributed by atoms with van der Waals surface area (Å²) >= 11 is 0. The summed E-state index contributed by atoms with van der Waals surface area (Å²) in [6.45, 7) is 2.31. The van der Waals surface area contributed by atoms with Gasteiger partial charge in [-0.05, 0) is 41.8 Å². The molecule has 1 aliphatic rings. The number of hydrogen-bond acceptors (Lipinski definition) is 5. The Kier molecular flexibility index (Phi) is 6.42. The fourth-order valence-electron chi connectivity index (χ4n) is 3.13. The van der Waals surface area contributed by atoms with E-state index in [9.17, 15) is 9.90 Å². The largest absolute Gasteiger partial charge is 0.484 e. The van der Waals surface area contributed by atoms with Gasteiger partial charge in [0.15, 0.2) is 6.61 Å². The van der Waals surface area contributed by atoms with E-state index in [1.54, 1.807) is 24.3 Å². The number of aliphatic hydroxyl groups is 1. The third-order valence-electron chi connectivity index (χ3n) is 4.57. The van der Waals surface area contributed by atoms with Gasteiger partial charge in [-0.25, -0.2) is 0 Å². The molecule has 0 bridgehead atoms. The molecule has 0 saturated heterocycles. The van der Waals surface area contributed by atoms with E-state index in [1.165, 1.54) is 11.1 Å². The number of carbonyl (C=O) groups is 1. The molecule has 1 amide bonds. The molecule has 1 aliphatic heterocycles. The number of aliphatic hydroxyl groups excluding tert-OH is 1. The molecule has 140 valence electrons. The molecular formula is C21H23N3O3. The summed E-state index contributed by atoms with van der Waals surface area (Å²) in [4.78, 5) is 14.1. The minimum atomic E-state index is -0.630. The van der Waals surface area contributed by atoms with Gasteiger partial charge in [0.05, 0.1) is 17.7 Å². The minimum absolute atomic E-state index is 0.129. The number of ether oxygens (including phenoxy) is 1. The van der Waals surface area contributed by atoms with Crippen molar-refractivity contribution in [3.63, 3.8) is 0 Å². The average molecular weight is 365 g/mol. The highest BCUT2D eigenvalue weighted by atomic mass is 16.5. The lowest BCUT2D eigenvalue weighted by molar-refractivity contribution is -0.123. The summed E-state index contributed by atoms with van der Waals surface area (Å²) in [5.41, 5.74) is 3.21. The van der Waals surface area contributed by atoms with Crippen LogP contribution in [0.3, 0.4) is 0 Å². The number of fused-ring (bicyclic) bond motifs is 1. The normalized spacial score (nSPS) is 14.7. The van der Waals surface area contributed by atoms with Crippen molar-refractivity contribution < 1.29 is 14.6 Å². The second-order valence-corrected chi connectivity index (χ2v) is 6.64. The standard InChI is InChI=1S/C21H23N3O3/c22-11-16-5-7-20(8-6-16)27-15-21(26)23-12-19(25)14-24-10-9-17-3-1-2-4-18(17)13-24/h1-8,19,25H,9-10,12-15H2,(H,23,26). The SMILES string of the molecule is N#Cc1ccc(OCC(=O)NCC(O)CN2CCc3ccccc3C2)cc1. The van der Waals surface area contributed by atoms with Crippen LogP contribution < -0.4 is 10.1 Å². The predicted octanol–water partition coefficient (Wildman–Crippen LogP) is 1.47. The highest BCUT2D eigenvalue weighted by molar-refractivity contribution is 5.77. The molecule has 3 rings (SSSR count). The maximum atomic E-state index is 11.9. The predicted molar refractivity (Wildman–Crippen MR) is 101 cm³/mol. The third kappa shape index (κ3) is 5.55. The molecule has 1 unspecified atom stereocenters. The van der Waals surface area contributed by atoms with Crippen molar-refractivity contribution in [3.05, 3.63) is 65.2 Å². The smallest absolute Gasteiger partial charge is 0.258 e. The first-order chi connectivity index (χ1) is 13.1. The third-order valence-corrected chi connectivity index (χ3v) is 4.57. The maximum Gasteiger partial charge on any atom is 0.258 e. The zero-order chi connectivity index (χ0) is 19.1. The van der Waals surface area contributed by atoms with Gasteiger partial charge in [-0.15, -0.1) is 0 Å². The lowest BCUT2D eigenvalue weighted by Crippen LogP contribution is -2.42. The van der Waals surface area contributed by atoms with Crippen molar-refractivity contribution in [2.24, 2.45) is 0 Å². The van der Waals surface area contributed by atoms with E-state index in [4.69, 9.17) is 10.00 Å². The molecule has 6 heteroatoms. The van der Waals surface area contributed by atoms with Gasteiger partial charge in [-0.2, -0.15) is 5.26 Å². The summed E-state index contributed by atoms with van der Waals surface area (Å²) in [6, 6.07) is 16.9. The van der Waals surface area contributed by atoms with E-state index in [1.807, 2.05) is 12.1 Å². The molecule has 1 atom stereocenters. The van der Waals surface area contributed by atoms with E-state index in [-0.39, 0.29) is 19.1 Å². The maximum absolute atomic E-state index is 11.9. The quantitative estimate of drug-likeness (QED) is 0.776. The van der Waals surface area contributed by atoms with Crippen molar-refractivity contribution in [2.45, 2.75) is 19.1 Å². The molecule has 1 heterocycles. The van der Waals surface area contributed by atoms with Gasteiger partial charge in [-0.3, -0.25) is 9.69 Å². The highest BCUT2D eigenvalue weighted by Crippen LogP contribution is 2.18. The first-order valence-electron chi connectivity index (χ1n) is 9.01. The van der Waals surface area contributed by atoms with E-state index in [0.717, 1.165) is 19.5 Å². The Balaban J connectivity index is 1.37. The Morgan fingerprint density at radius 2 is 1.96 bits per heavy atom. The van der Waals surface area contributed by atoms with Gasteiger partial charge in [0.25, 0.3) is 5.91 Å². The summed E-state index contributed by atoms with van der Waals surface area (Å²) in [7, 11) is 0. The van der Waals surface area contributed by atoms with Gasteiger partial charge in [0.1, 0.15) is 5.75 Å². The average Bonchev–Trinajstić information content (AvgIpc) is 2.71. The number of benzene rings is 2. The van der Waals surface area contributed by atoms with Gasteiger partial charge in [-0.1, -0.05) is 24.3 Å². The van der Waals surface area contributed by atoms with Crippen LogP contribution in [-0.4, -0.2) is 48.3 Å². The Morgan fingerprint density at radius 3 is 2.70 bits per heavy atom. The van der Waals surface area contributed by atoms with E-state index in [2.05, 4.69) is 28.4 Å². The lowest BCUT2D eigenvalue weighted by Gasteiger charge is -2.30. The molecular weight excluding hydrogens is 342 g/mol. The summed E-state index contributed by atoms with van der Waals surface area (Å²) in [5.74, 6) is 0.235. The number of β-amino-alcohol motifs (C(OH)–C–C–N with tert-alkyl or cyclic N) is 1. The molecule has 0 saturated carbocycles. The van der Waals surface area contributed by atoms with E-state index >= 15 is 0 Å². The summed E-state index contributed by atoms with van der Waals surface area (Å²) < 4.78 is 5.38. The number of nitriles is 1. The Labute approximate surface area is 159 Å². The molecule has 0 fully saturated rings. The van der Waals surface area contributed by atoms with Crippen LogP contribution in [0.2, 0.25) is 0 Å². The van der Waals surface area contributed by atoms with Crippen molar-refractivity contribution in [3.8, 4) is 11.8 Å². The summed E-state index contributed by atoms with van der Waals surface area (Å²) in [5, 5.41) is 21.7. The zero-order valence-corrected chi connectivity index (χ0v) is 15.1. The van der Waals surface area contributed by atoms with Crippen LogP contribution in [-0.2, 0) is 17.8 Å². The van der Waals surface area contributed by atoms with Crippen LogP contribution in [0.15, 0.2) is 48.5 Å². The summed E-state index contributed by atoms with van der Waals surface area (Å²) in [6.07, 6.45) is 0.349. The number of amides is 1. The Morgan fingerprint density at radius 1 is 1.22 bits per heavy atom. The van der Waals surface area contributed by atoms with Crippen LogP contribution in [0.5, 0.6) is 5.75 Å². The molecule has 27 heavy (non-hydrogen) atoms. The molecule has 6 nitrogen and oxygen atoms in total. The molecule has 0 aromatic heterocycles. The van der Waals surface area contributed by atoms with Gasteiger partial charge < -0.3 is 15.2 Å². The van der Waals surface area contributed by atoms with Crippen molar-refractivity contribution in [1.82, 2.24) is 10.2 Å². The molecule has 2 aromatic rings. The van der Waals surface area contributed by atoms with E-state index in [0.29, 0.717) is 17.9 Å². The number of nitrogens with one attached hydrogen (secondary N) is 1. The topological polar surface area (TPSA) is 85.6 Å². The molecule has 0 aliphatic carbocycles. The van der Waals surface area contributed by atoms with Crippen LogP contribution in [0.1, 0.15) is 16.7 Å². The van der Waals surface area contributed by atoms with Crippen LogP contribution in [0.4, 0.5) is 0 Å². The fraction of sp³-hybridized carbons (Fsp3) is 0.333. The first kappa shape index (κ1) is 18.9. The highest BCUT2D eigenvalue weighted by Gasteiger charge is 2.18. The zero-order valence-electron chi connectivity index (χ0n) is 15.1. The van der Waals surface area contributed by atoms with E-state index < -0.39 is 6.10 Å². The fourth-order valence-corrected chi connectivity index (χ4v) is 3.13. The lowest BCUT2D eigenvalue weighted by atomic mass is 10.00. The monoisotopic (exact) mass is 365 g/mol. The molecule has 0 radical (unpaired) electrons. The van der Waals surface area contributed by atoms with Gasteiger partial charge >= 0.3 is 0 Å². The minimum Gasteiger partial charge on any atom is -0.484 e. The van der Waals surface area contributed by atoms with Crippen LogP contribution in [0.25, 0.3) is 0 Å². The van der Waals surface area contributed by atoms with Gasteiger partial charge in [0, 0.05) is 26.2 Å². The van der Waals surface area contributed by atoms with Crippen molar-refractivity contribution in [1.29, 1.82) is 5.26 Å². The second-order valence-electron chi connectivity index (χ2n) is 6.64. The number of hydrogen-bond donors (Lipinski definition) is 2.